The predicted molar refractivity (Wildman–Crippen MR) is 68.0 cm³/mol. The number of anilines is 3. The average Bonchev–Trinajstić information content (AvgIpc) is 2.23. The summed E-state index contributed by atoms with van der Waals surface area (Å²) in [4.78, 5) is 8.01. The molecule has 0 bridgehead atoms. The summed E-state index contributed by atoms with van der Waals surface area (Å²) < 4.78 is 10.8. The maximum Gasteiger partial charge on any atom is 0.223 e. The lowest BCUT2D eigenvalue weighted by atomic mass is 10.4. The SMILES string of the molecule is CNc1cc(NCCCS(C)=O)nc(N)n1. The van der Waals surface area contributed by atoms with E-state index in [0.717, 1.165) is 13.0 Å². The third kappa shape index (κ3) is 4.43. The van der Waals surface area contributed by atoms with Gasteiger partial charge in [-0.15, -0.1) is 0 Å². The van der Waals surface area contributed by atoms with Crippen molar-refractivity contribution in [2.75, 3.05) is 42.0 Å². The number of aromatic nitrogens is 2. The first-order valence-corrected chi connectivity index (χ1v) is 6.70. The molecule has 0 saturated heterocycles. The van der Waals surface area contributed by atoms with Crippen LogP contribution in [0.5, 0.6) is 0 Å². The molecule has 6 nitrogen and oxygen atoms in total. The molecule has 0 aromatic carbocycles. The van der Waals surface area contributed by atoms with Crippen molar-refractivity contribution in [1.82, 2.24) is 9.97 Å². The van der Waals surface area contributed by atoms with Crippen LogP contribution < -0.4 is 16.4 Å². The average molecular weight is 243 g/mol. The Morgan fingerprint density at radius 2 is 2.12 bits per heavy atom. The number of nitrogens with one attached hydrogen (secondary N) is 2. The van der Waals surface area contributed by atoms with Gasteiger partial charge in [0.15, 0.2) is 0 Å². The standard InChI is InChI=1S/C9H17N5OS/c1-11-7-6-8(14-9(10)13-7)12-4-3-5-16(2)15/h6H,3-5H2,1-2H3,(H4,10,11,12,13,14). The highest BCUT2D eigenvalue weighted by Crippen LogP contribution is 2.11. The van der Waals surface area contributed by atoms with E-state index in [1.165, 1.54) is 0 Å². The highest BCUT2D eigenvalue weighted by atomic mass is 32.2. The summed E-state index contributed by atoms with van der Waals surface area (Å²) in [7, 11) is 1.03. The maximum atomic E-state index is 10.8. The van der Waals surface area contributed by atoms with E-state index in [1.807, 2.05) is 0 Å². The van der Waals surface area contributed by atoms with Crippen LogP contribution in [-0.4, -0.2) is 39.8 Å². The van der Waals surface area contributed by atoms with E-state index in [2.05, 4.69) is 20.6 Å². The van der Waals surface area contributed by atoms with E-state index in [9.17, 15) is 4.21 Å². The van der Waals surface area contributed by atoms with E-state index >= 15 is 0 Å². The Kier molecular flexibility index (Phi) is 4.97. The zero-order valence-electron chi connectivity index (χ0n) is 9.49. The highest BCUT2D eigenvalue weighted by Gasteiger charge is 2.00. The van der Waals surface area contributed by atoms with Gasteiger partial charge < -0.3 is 16.4 Å². The molecule has 0 amide bonds. The molecular weight excluding hydrogens is 226 g/mol. The number of hydrogen-bond acceptors (Lipinski definition) is 6. The Bertz CT molecular complexity index is 371. The van der Waals surface area contributed by atoms with Crippen molar-refractivity contribution in [3.05, 3.63) is 6.07 Å². The van der Waals surface area contributed by atoms with Crippen molar-refractivity contribution in [3.8, 4) is 0 Å². The minimum atomic E-state index is -0.744. The third-order valence-corrected chi connectivity index (χ3v) is 2.78. The fourth-order valence-electron chi connectivity index (χ4n) is 1.18. The van der Waals surface area contributed by atoms with E-state index < -0.39 is 10.8 Å². The minimum Gasteiger partial charge on any atom is -0.373 e. The zero-order chi connectivity index (χ0) is 12.0. The lowest BCUT2D eigenvalue weighted by Crippen LogP contribution is -2.09. The second kappa shape index (κ2) is 6.26. The fraction of sp³-hybridized carbons (Fsp3) is 0.556. The normalized spacial score (nSPS) is 12.1. The van der Waals surface area contributed by atoms with Crippen LogP contribution in [0, 0.1) is 0 Å². The topological polar surface area (TPSA) is 92.9 Å². The van der Waals surface area contributed by atoms with Crippen LogP contribution >= 0.6 is 0 Å². The van der Waals surface area contributed by atoms with Gasteiger partial charge in [-0.05, 0) is 6.42 Å². The Hall–Kier alpha value is -1.37. The molecule has 1 heterocycles. The van der Waals surface area contributed by atoms with Gasteiger partial charge in [0, 0.05) is 42.5 Å². The van der Waals surface area contributed by atoms with Gasteiger partial charge in [-0.25, -0.2) is 0 Å². The van der Waals surface area contributed by atoms with Crippen molar-refractivity contribution in [2.45, 2.75) is 6.42 Å². The first kappa shape index (κ1) is 12.7. The van der Waals surface area contributed by atoms with Crippen molar-refractivity contribution in [3.63, 3.8) is 0 Å². The van der Waals surface area contributed by atoms with Gasteiger partial charge >= 0.3 is 0 Å². The molecule has 90 valence electrons. The molecule has 16 heavy (non-hydrogen) atoms. The van der Waals surface area contributed by atoms with E-state index in [-0.39, 0.29) is 5.95 Å². The Balaban J connectivity index is 2.47. The van der Waals surface area contributed by atoms with Crippen LogP contribution in [0.2, 0.25) is 0 Å². The number of nitrogens with zero attached hydrogens (tertiary/aromatic N) is 2. The summed E-state index contributed by atoms with van der Waals surface area (Å²) in [6.45, 7) is 0.721. The van der Waals surface area contributed by atoms with E-state index in [4.69, 9.17) is 5.73 Å². The summed E-state index contributed by atoms with van der Waals surface area (Å²) in [6.07, 6.45) is 2.53. The van der Waals surface area contributed by atoms with Crippen LogP contribution in [0.1, 0.15) is 6.42 Å². The van der Waals surface area contributed by atoms with Gasteiger partial charge in [0.25, 0.3) is 0 Å². The Morgan fingerprint density at radius 3 is 2.75 bits per heavy atom. The van der Waals surface area contributed by atoms with Crippen LogP contribution in [0.15, 0.2) is 6.07 Å². The summed E-state index contributed by atoms with van der Waals surface area (Å²) in [5.41, 5.74) is 5.54. The van der Waals surface area contributed by atoms with Gasteiger partial charge in [-0.1, -0.05) is 0 Å². The fourth-order valence-corrected chi connectivity index (χ4v) is 1.73. The summed E-state index contributed by atoms with van der Waals surface area (Å²) >= 11 is 0. The highest BCUT2D eigenvalue weighted by molar-refractivity contribution is 7.84. The quantitative estimate of drug-likeness (QED) is 0.621. The van der Waals surface area contributed by atoms with Crippen LogP contribution in [0.3, 0.4) is 0 Å². The van der Waals surface area contributed by atoms with Gasteiger partial charge in [0.2, 0.25) is 5.95 Å². The van der Waals surface area contributed by atoms with Crippen molar-refractivity contribution in [2.24, 2.45) is 0 Å². The van der Waals surface area contributed by atoms with Gasteiger partial charge in [0.05, 0.1) is 0 Å². The predicted octanol–water partition coefficient (Wildman–Crippen LogP) is 0.281. The number of rotatable bonds is 6. The van der Waals surface area contributed by atoms with Crippen molar-refractivity contribution in [1.29, 1.82) is 0 Å². The molecule has 0 aliphatic carbocycles. The van der Waals surface area contributed by atoms with Gasteiger partial charge in [-0.3, -0.25) is 4.21 Å². The largest absolute Gasteiger partial charge is 0.373 e. The molecule has 4 N–H and O–H groups in total. The van der Waals surface area contributed by atoms with Gasteiger partial charge in [-0.2, -0.15) is 9.97 Å². The maximum absolute atomic E-state index is 10.8. The first-order valence-electron chi connectivity index (χ1n) is 4.98. The van der Waals surface area contributed by atoms with E-state index in [0.29, 0.717) is 17.4 Å². The van der Waals surface area contributed by atoms with Crippen LogP contribution in [0.4, 0.5) is 17.6 Å². The second-order valence-corrected chi connectivity index (χ2v) is 4.86. The minimum absolute atomic E-state index is 0.230. The summed E-state index contributed by atoms with van der Waals surface area (Å²) in [6, 6.07) is 1.78. The van der Waals surface area contributed by atoms with Crippen LogP contribution in [-0.2, 0) is 10.8 Å². The molecule has 1 rings (SSSR count). The molecule has 7 heteroatoms. The molecule has 0 aliphatic rings. The van der Waals surface area contributed by atoms with Crippen LogP contribution in [0.25, 0.3) is 0 Å². The molecule has 0 spiro atoms. The molecule has 0 aliphatic heterocycles. The first-order chi connectivity index (χ1) is 7.61. The Labute approximate surface area is 97.5 Å². The molecule has 0 radical (unpaired) electrons. The molecule has 1 unspecified atom stereocenters. The molecule has 0 fully saturated rings. The van der Waals surface area contributed by atoms with E-state index in [1.54, 1.807) is 19.4 Å². The van der Waals surface area contributed by atoms with Gasteiger partial charge in [0.1, 0.15) is 11.6 Å². The number of nitrogens with two attached hydrogens (primary N) is 1. The number of nitrogen functional groups attached to an aromatic ring is 1. The smallest absolute Gasteiger partial charge is 0.223 e. The second-order valence-electron chi connectivity index (χ2n) is 3.30. The number of hydrogen-bond donors (Lipinski definition) is 3. The summed E-state index contributed by atoms with van der Waals surface area (Å²) in [5.74, 6) is 2.27. The molecule has 0 saturated carbocycles. The Morgan fingerprint density at radius 1 is 1.44 bits per heavy atom. The monoisotopic (exact) mass is 243 g/mol. The summed E-state index contributed by atoms with van der Waals surface area (Å²) in [5, 5.41) is 6.01. The zero-order valence-corrected chi connectivity index (χ0v) is 10.3. The lowest BCUT2D eigenvalue weighted by Gasteiger charge is -2.07. The molecule has 1 aromatic rings. The third-order valence-electron chi connectivity index (χ3n) is 1.91. The molecular formula is C9H17N5OS. The van der Waals surface area contributed by atoms with Crippen molar-refractivity contribution >= 4 is 28.4 Å². The molecule has 1 aromatic heterocycles. The lowest BCUT2D eigenvalue weighted by molar-refractivity contribution is 0.685. The molecule has 1 atom stereocenters. The van der Waals surface area contributed by atoms with Crippen molar-refractivity contribution < 1.29 is 4.21 Å².